The van der Waals surface area contributed by atoms with Crippen molar-refractivity contribution >= 4 is 23.4 Å². The van der Waals surface area contributed by atoms with Gasteiger partial charge in [0.15, 0.2) is 5.78 Å². The molecule has 0 fully saturated rings. The molecule has 1 atom stereocenters. The van der Waals surface area contributed by atoms with Crippen LogP contribution in [0.25, 0.3) is 0 Å². The number of aryl methyl sites for hydroxylation is 2. The lowest BCUT2D eigenvalue weighted by atomic mass is 10.0. The van der Waals surface area contributed by atoms with Gasteiger partial charge in [-0.05, 0) is 49.6 Å². The number of ether oxygens (including phenoxy) is 2. The third-order valence-corrected chi connectivity index (χ3v) is 5.33. The Labute approximate surface area is 198 Å². The van der Waals surface area contributed by atoms with Crippen molar-refractivity contribution < 1.29 is 24.2 Å². The second-order valence-corrected chi connectivity index (χ2v) is 8.19. The quantitative estimate of drug-likeness (QED) is 0.373. The second-order valence-electron chi connectivity index (χ2n) is 7.75. The van der Waals surface area contributed by atoms with Gasteiger partial charge >= 0.3 is 5.97 Å². The molecule has 0 aliphatic heterocycles. The first-order chi connectivity index (χ1) is 15.8. The number of aromatic nitrogens is 1. The predicted molar refractivity (Wildman–Crippen MR) is 126 cm³/mol. The monoisotopic (exact) mass is 467 g/mol. The van der Waals surface area contributed by atoms with Gasteiger partial charge in [0.25, 0.3) is 0 Å². The minimum absolute atomic E-state index is 0.101. The Kier molecular flexibility index (Phi) is 8.44. The van der Waals surface area contributed by atoms with Crippen LogP contribution in [0.3, 0.4) is 0 Å². The fraction of sp³-hybridized carbons (Fsp3) is 0.269. The lowest BCUT2D eigenvalue weighted by Gasteiger charge is -2.17. The third-order valence-electron chi connectivity index (χ3n) is 5.13. The molecule has 6 nitrogen and oxygen atoms in total. The topological polar surface area (TPSA) is 85.7 Å². The number of aliphatic carboxylic acids is 1. The number of ketones is 1. The smallest absolute Gasteiger partial charge is 0.303 e. The molecule has 0 amide bonds. The van der Waals surface area contributed by atoms with E-state index < -0.39 is 5.97 Å². The number of hydrogen-bond donors (Lipinski definition) is 1. The zero-order valence-electron chi connectivity index (χ0n) is 18.6. The molecule has 0 saturated heterocycles. The number of carbonyl (C=O) groups excluding carboxylic acids is 1. The van der Waals surface area contributed by atoms with Crippen molar-refractivity contribution in [1.29, 1.82) is 0 Å². The van der Waals surface area contributed by atoms with Crippen molar-refractivity contribution in [3.63, 3.8) is 0 Å². The number of halogens is 1. The summed E-state index contributed by atoms with van der Waals surface area (Å²) in [5.41, 5.74) is 2.83. The molecular weight excluding hydrogens is 442 g/mol. The van der Waals surface area contributed by atoms with Crippen molar-refractivity contribution in [3.05, 3.63) is 88.1 Å². The summed E-state index contributed by atoms with van der Waals surface area (Å²) in [6.45, 7) is 4.23. The van der Waals surface area contributed by atoms with E-state index in [9.17, 15) is 9.59 Å². The number of rotatable bonds is 11. The molecule has 0 radical (unpaired) electrons. The molecule has 3 aromatic rings. The molecule has 0 saturated carbocycles. The number of carbonyl (C=O) groups is 2. The lowest BCUT2D eigenvalue weighted by Crippen LogP contribution is -2.18. The first kappa shape index (κ1) is 24.3. The molecule has 0 spiro atoms. The van der Waals surface area contributed by atoms with Crippen LogP contribution in [-0.4, -0.2) is 34.6 Å². The van der Waals surface area contributed by atoms with Crippen LogP contribution in [0.4, 0.5) is 0 Å². The van der Waals surface area contributed by atoms with E-state index in [2.05, 4.69) is 4.98 Å². The first-order valence-corrected chi connectivity index (χ1v) is 11.1. The highest BCUT2D eigenvalue weighted by Gasteiger charge is 2.18. The molecule has 0 unspecified atom stereocenters. The van der Waals surface area contributed by atoms with Gasteiger partial charge < -0.3 is 14.6 Å². The third kappa shape index (κ3) is 7.05. The van der Waals surface area contributed by atoms with Crippen molar-refractivity contribution in [2.45, 2.75) is 39.2 Å². The van der Waals surface area contributed by atoms with Crippen LogP contribution in [-0.2, 0) is 11.2 Å². The molecule has 1 aromatic heterocycles. The van der Waals surface area contributed by atoms with Crippen LogP contribution in [0.5, 0.6) is 11.6 Å². The van der Waals surface area contributed by atoms with E-state index in [-0.39, 0.29) is 24.2 Å². The second kappa shape index (κ2) is 11.5. The highest BCUT2D eigenvalue weighted by Crippen LogP contribution is 2.25. The van der Waals surface area contributed by atoms with E-state index in [0.29, 0.717) is 41.3 Å². The Morgan fingerprint density at radius 3 is 2.58 bits per heavy atom. The summed E-state index contributed by atoms with van der Waals surface area (Å²) in [5, 5.41) is 9.21. The van der Waals surface area contributed by atoms with Gasteiger partial charge in [-0.25, -0.2) is 4.98 Å². The fourth-order valence-electron chi connectivity index (χ4n) is 3.30. The Bertz CT molecular complexity index is 1120. The standard InChI is InChI=1S/C26H26ClNO5/c1-17-14-22(10-8-19(17)9-11-24(29)30)32-13-12-18(2)33-26-23(15-21(27)16-28-26)25(31)20-6-4-3-5-7-20/h3-8,10,14-16,18H,9,11-13H2,1-2H3,(H,29,30)/t18-/m1/s1. The fourth-order valence-corrected chi connectivity index (χ4v) is 3.46. The summed E-state index contributed by atoms with van der Waals surface area (Å²) in [4.78, 5) is 27.9. The maximum Gasteiger partial charge on any atom is 0.303 e. The Morgan fingerprint density at radius 1 is 1.12 bits per heavy atom. The van der Waals surface area contributed by atoms with E-state index in [1.54, 1.807) is 30.3 Å². The number of pyridine rings is 1. The van der Waals surface area contributed by atoms with E-state index >= 15 is 0 Å². The van der Waals surface area contributed by atoms with Crippen molar-refractivity contribution in [2.24, 2.45) is 0 Å². The SMILES string of the molecule is Cc1cc(OCC[C@@H](C)Oc2ncc(Cl)cc2C(=O)c2ccccc2)ccc1CCC(=O)O. The minimum Gasteiger partial charge on any atom is -0.493 e. The molecule has 0 aliphatic rings. The number of hydrogen-bond acceptors (Lipinski definition) is 5. The summed E-state index contributed by atoms with van der Waals surface area (Å²) in [7, 11) is 0. The molecule has 7 heteroatoms. The van der Waals surface area contributed by atoms with Crippen LogP contribution in [0.15, 0.2) is 60.8 Å². The molecule has 1 N–H and O–H groups in total. The molecule has 3 rings (SSSR count). The van der Waals surface area contributed by atoms with E-state index in [1.807, 2.05) is 38.1 Å². The van der Waals surface area contributed by atoms with Crippen molar-refractivity contribution in [1.82, 2.24) is 4.98 Å². The zero-order chi connectivity index (χ0) is 23.8. The Morgan fingerprint density at radius 2 is 1.88 bits per heavy atom. The van der Waals surface area contributed by atoms with E-state index in [0.717, 1.165) is 11.1 Å². The van der Waals surface area contributed by atoms with Crippen LogP contribution in [0, 0.1) is 6.92 Å². The normalized spacial score (nSPS) is 11.6. The highest BCUT2D eigenvalue weighted by atomic mass is 35.5. The molecule has 2 aromatic carbocycles. The van der Waals surface area contributed by atoms with Crippen molar-refractivity contribution in [3.8, 4) is 11.6 Å². The number of nitrogens with zero attached hydrogens (tertiary/aromatic N) is 1. The maximum atomic E-state index is 12.9. The van der Waals surface area contributed by atoms with Gasteiger partial charge in [-0.3, -0.25) is 9.59 Å². The van der Waals surface area contributed by atoms with Crippen molar-refractivity contribution in [2.75, 3.05) is 6.61 Å². The van der Waals surface area contributed by atoms with Gasteiger partial charge in [-0.1, -0.05) is 48.0 Å². The molecule has 1 heterocycles. The van der Waals surface area contributed by atoms with Crippen LogP contribution < -0.4 is 9.47 Å². The molecule has 0 bridgehead atoms. The molecule has 0 aliphatic carbocycles. The summed E-state index contributed by atoms with van der Waals surface area (Å²) in [6, 6.07) is 16.1. The number of carboxylic acids is 1. The van der Waals surface area contributed by atoms with Gasteiger partial charge in [0, 0.05) is 24.6 Å². The van der Waals surface area contributed by atoms with Gasteiger partial charge in [0.2, 0.25) is 5.88 Å². The minimum atomic E-state index is -0.812. The van der Waals surface area contributed by atoms with Gasteiger partial charge in [0.05, 0.1) is 17.2 Å². The maximum absolute atomic E-state index is 12.9. The average Bonchev–Trinajstić information content (AvgIpc) is 2.79. The first-order valence-electron chi connectivity index (χ1n) is 10.7. The zero-order valence-corrected chi connectivity index (χ0v) is 19.3. The molecular formula is C26H26ClNO5. The van der Waals surface area contributed by atoms with E-state index in [4.69, 9.17) is 26.2 Å². The summed E-state index contributed by atoms with van der Waals surface area (Å²) in [6.07, 6.45) is 2.37. The largest absolute Gasteiger partial charge is 0.493 e. The van der Waals surface area contributed by atoms with E-state index in [1.165, 1.54) is 6.20 Å². The van der Waals surface area contributed by atoms with Crippen LogP contribution in [0.1, 0.15) is 46.8 Å². The lowest BCUT2D eigenvalue weighted by molar-refractivity contribution is -0.136. The van der Waals surface area contributed by atoms with Crippen LogP contribution >= 0.6 is 11.6 Å². The average molecular weight is 468 g/mol. The van der Waals surface area contributed by atoms with Gasteiger partial charge in [-0.2, -0.15) is 0 Å². The highest BCUT2D eigenvalue weighted by molar-refractivity contribution is 6.31. The van der Waals surface area contributed by atoms with Gasteiger partial charge in [0.1, 0.15) is 11.9 Å². The Hall–Kier alpha value is -3.38. The van der Waals surface area contributed by atoms with Crippen LogP contribution in [0.2, 0.25) is 5.02 Å². The summed E-state index contributed by atoms with van der Waals surface area (Å²) < 4.78 is 11.8. The molecule has 172 valence electrons. The summed E-state index contributed by atoms with van der Waals surface area (Å²) in [5.74, 6) is -0.0715. The predicted octanol–water partition coefficient (Wildman–Crippen LogP) is 5.53. The van der Waals surface area contributed by atoms with Gasteiger partial charge in [-0.15, -0.1) is 0 Å². The Balaban J connectivity index is 1.58. The number of benzene rings is 2. The molecule has 33 heavy (non-hydrogen) atoms. The number of carboxylic acid groups (broad SMARTS) is 1. The summed E-state index contributed by atoms with van der Waals surface area (Å²) >= 11 is 6.08.